The zero-order valence-electron chi connectivity index (χ0n) is 10.8. The molecule has 0 rings (SSSR count). The van der Waals surface area contributed by atoms with Gasteiger partial charge in [0, 0.05) is 18.5 Å². The summed E-state index contributed by atoms with van der Waals surface area (Å²) in [5.74, 6) is 0.326. The zero-order valence-corrected chi connectivity index (χ0v) is 11.6. The molecule has 4 heteroatoms. The summed E-state index contributed by atoms with van der Waals surface area (Å²) in [4.78, 5) is 11.8. The van der Waals surface area contributed by atoms with Crippen LogP contribution in [0, 0.1) is 5.92 Å². The molecule has 0 saturated heterocycles. The highest BCUT2D eigenvalue weighted by Gasteiger charge is 2.17. The van der Waals surface area contributed by atoms with Gasteiger partial charge in [0.25, 0.3) is 0 Å². The summed E-state index contributed by atoms with van der Waals surface area (Å²) in [6.45, 7) is 6.80. The SMILES string of the molecule is CCCCC(CN)NC(=O)C(CC)CC.Cl. The maximum atomic E-state index is 11.8. The number of unbranched alkanes of at least 4 members (excludes halogenated alkanes) is 1. The molecule has 98 valence electrons. The average molecular weight is 251 g/mol. The summed E-state index contributed by atoms with van der Waals surface area (Å²) >= 11 is 0. The summed E-state index contributed by atoms with van der Waals surface area (Å²) in [6.07, 6.45) is 5.10. The van der Waals surface area contributed by atoms with Gasteiger partial charge in [-0.1, -0.05) is 33.6 Å². The molecule has 0 aromatic carbocycles. The van der Waals surface area contributed by atoms with E-state index in [1.807, 2.05) is 0 Å². The van der Waals surface area contributed by atoms with Crippen molar-refractivity contribution in [2.45, 2.75) is 58.9 Å². The van der Waals surface area contributed by atoms with Gasteiger partial charge < -0.3 is 11.1 Å². The molecule has 0 saturated carbocycles. The minimum atomic E-state index is 0. The molecular weight excluding hydrogens is 224 g/mol. The number of halogens is 1. The number of hydrogen-bond acceptors (Lipinski definition) is 2. The van der Waals surface area contributed by atoms with E-state index in [2.05, 4.69) is 26.1 Å². The van der Waals surface area contributed by atoms with Crippen LogP contribution in [0.1, 0.15) is 52.9 Å². The molecule has 0 heterocycles. The standard InChI is InChI=1S/C12H26N2O.ClH/c1-4-7-8-11(9-13)14-12(15)10(5-2)6-3;/h10-11H,4-9,13H2,1-3H3,(H,14,15);1H. The lowest BCUT2D eigenvalue weighted by Gasteiger charge is -2.20. The molecule has 16 heavy (non-hydrogen) atoms. The smallest absolute Gasteiger partial charge is 0.223 e. The third kappa shape index (κ3) is 7.07. The molecule has 0 fully saturated rings. The van der Waals surface area contributed by atoms with E-state index in [0.717, 1.165) is 32.1 Å². The minimum Gasteiger partial charge on any atom is -0.352 e. The lowest BCUT2D eigenvalue weighted by Crippen LogP contribution is -2.42. The number of carbonyl (C=O) groups excluding carboxylic acids is 1. The molecule has 0 aromatic rings. The Balaban J connectivity index is 0. The van der Waals surface area contributed by atoms with Crippen molar-refractivity contribution in [3.8, 4) is 0 Å². The molecule has 0 aliphatic rings. The summed E-state index contributed by atoms with van der Waals surface area (Å²) in [6, 6.07) is 0.165. The van der Waals surface area contributed by atoms with Crippen LogP contribution in [0.15, 0.2) is 0 Å². The van der Waals surface area contributed by atoms with E-state index in [0.29, 0.717) is 6.54 Å². The molecule has 0 radical (unpaired) electrons. The van der Waals surface area contributed by atoms with Crippen LogP contribution in [0.5, 0.6) is 0 Å². The first-order valence-electron chi connectivity index (χ1n) is 6.19. The Kier molecular flexibility index (Phi) is 12.7. The quantitative estimate of drug-likeness (QED) is 0.696. The van der Waals surface area contributed by atoms with E-state index >= 15 is 0 Å². The fourth-order valence-electron chi connectivity index (χ4n) is 1.68. The van der Waals surface area contributed by atoms with Gasteiger partial charge in [-0.05, 0) is 19.3 Å². The highest BCUT2D eigenvalue weighted by atomic mass is 35.5. The Morgan fingerprint density at radius 2 is 1.81 bits per heavy atom. The molecule has 3 nitrogen and oxygen atoms in total. The Bertz CT molecular complexity index is 172. The lowest BCUT2D eigenvalue weighted by atomic mass is 10.0. The maximum absolute atomic E-state index is 11.8. The molecule has 1 unspecified atom stereocenters. The first-order chi connectivity index (χ1) is 7.19. The molecule has 0 aliphatic heterocycles. The second-order valence-corrected chi connectivity index (χ2v) is 4.10. The number of amides is 1. The van der Waals surface area contributed by atoms with Crippen LogP contribution >= 0.6 is 12.4 Å². The molecule has 3 N–H and O–H groups in total. The van der Waals surface area contributed by atoms with E-state index in [4.69, 9.17) is 5.73 Å². The van der Waals surface area contributed by atoms with E-state index in [1.165, 1.54) is 0 Å². The van der Waals surface area contributed by atoms with Gasteiger partial charge in [0.15, 0.2) is 0 Å². The van der Waals surface area contributed by atoms with Gasteiger partial charge in [0.2, 0.25) is 5.91 Å². The third-order valence-corrected chi connectivity index (χ3v) is 2.89. The second-order valence-electron chi connectivity index (χ2n) is 4.10. The van der Waals surface area contributed by atoms with Gasteiger partial charge in [-0.3, -0.25) is 4.79 Å². The second kappa shape index (κ2) is 11.2. The Morgan fingerprint density at radius 3 is 2.19 bits per heavy atom. The van der Waals surface area contributed by atoms with Crippen molar-refractivity contribution >= 4 is 18.3 Å². The summed E-state index contributed by atoms with van der Waals surface area (Å²) in [5.41, 5.74) is 5.63. The summed E-state index contributed by atoms with van der Waals surface area (Å²) in [7, 11) is 0. The predicted octanol–water partition coefficient (Wildman–Crippen LogP) is 2.48. The summed E-state index contributed by atoms with van der Waals surface area (Å²) in [5, 5.41) is 3.04. The fourth-order valence-corrected chi connectivity index (χ4v) is 1.68. The van der Waals surface area contributed by atoms with Crippen molar-refractivity contribution in [3.63, 3.8) is 0 Å². The molecule has 0 aliphatic carbocycles. The average Bonchev–Trinajstić information content (AvgIpc) is 2.25. The summed E-state index contributed by atoms with van der Waals surface area (Å²) < 4.78 is 0. The largest absolute Gasteiger partial charge is 0.352 e. The first-order valence-corrected chi connectivity index (χ1v) is 6.19. The molecule has 0 spiro atoms. The highest BCUT2D eigenvalue weighted by molar-refractivity contribution is 5.85. The zero-order chi connectivity index (χ0) is 11.7. The topological polar surface area (TPSA) is 55.1 Å². The van der Waals surface area contributed by atoms with Crippen molar-refractivity contribution in [2.24, 2.45) is 11.7 Å². The third-order valence-electron chi connectivity index (χ3n) is 2.89. The Hall–Kier alpha value is -0.280. The molecular formula is C12H27ClN2O. The fraction of sp³-hybridized carbons (Fsp3) is 0.917. The van der Waals surface area contributed by atoms with Gasteiger partial charge in [-0.25, -0.2) is 0 Å². The number of nitrogens with one attached hydrogen (secondary N) is 1. The number of rotatable bonds is 8. The van der Waals surface area contributed by atoms with E-state index in [9.17, 15) is 4.79 Å². The molecule has 1 amide bonds. The van der Waals surface area contributed by atoms with Crippen molar-refractivity contribution in [2.75, 3.05) is 6.54 Å². The van der Waals surface area contributed by atoms with Gasteiger partial charge in [0.05, 0.1) is 0 Å². The van der Waals surface area contributed by atoms with Crippen molar-refractivity contribution < 1.29 is 4.79 Å². The van der Waals surface area contributed by atoms with Crippen LogP contribution in [0.4, 0.5) is 0 Å². The van der Waals surface area contributed by atoms with Crippen molar-refractivity contribution in [3.05, 3.63) is 0 Å². The van der Waals surface area contributed by atoms with Crippen molar-refractivity contribution in [1.29, 1.82) is 0 Å². The predicted molar refractivity (Wildman–Crippen MR) is 71.8 cm³/mol. The molecule has 0 bridgehead atoms. The van der Waals surface area contributed by atoms with Crippen LogP contribution < -0.4 is 11.1 Å². The van der Waals surface area contributed by atoms with Crippen LogP contribution in [-0.4, -0.2) is 18.5 Å². The van der Waals surface area contributed by atoms with Crippen LogP contribution in [0.2, 0.25) is 0 Å². The normalized spacial score (nSPS) is 12.1. The lowest BCUT2D eigenvalue weighted by molar-refractivity contribution is -0.125. The Labute approximate surface area is 106 Å². The van der Waals surface area contributed by atoms with E-state index in [1.54, 1.807) is 0 Å². The maximum Gasteiger partial charge on any atom is 0.223 e. The van der Waals surface area contributed by atoms with Crippen LogP contribution in [0.3, 0.4) is 0 Å². The van der Waals surface area contributed by atoms with E-state index in [-0.39, 0.29) is 30.3 Å². The minimum absolute atomic E-state index is 0. The number of carbonyl (C=O) groups is 1. The highest BCUT2D eigenvalue weighted by Crippen LogP contribution is 2.08. The first kappa shape index (κ1) is 18.1. The van der Waals surface area contributed by atoms with Gasteiger partial charge >= 0.3 is 0 Å². The Morgan fingerprint density at radius 1 is 1.25 bits per heavy atom. The van der Waals surface area contributed by atoms with Gasteiger partial charge in [0.1, 0.15) is 0 Å². The number of nitrogens with two attached hydrogens (primary N) is 1. The van der Waals surface area contributed by atoms with E-state index < -0.39 is 0 Å². The van der Waals surface area contributed by atoms with Crippen LogP contribution in [0.25, 0.3) is 0 Å². The monoisotopic (exact) mass is 250 g/mol. The van der Waals surface area contributed by atoms with Crippen molar-refractivity contribution in [1.82, 2.24) is 5.32 Å². The number of hydrogen-bond donors (Lipinski definition) is 2. The van der Waals surface area contributed by atoms with Gasteiger partial charge in [-0.2, -0.15) is 0 Å². The van der Waals surface area contributed by atoms with Crippen LogP contribution in [-0.2, 0) is 4.79 Å². The van der Waals surface area contributed by atoms with Gasteiger partial charge in [-0.15, -0.1) is 12.4 Å². The molecule has 1 atom stereocenters. The molecule has 0 aromatic heterocycles.